The highest BCUT2D eigenvalue weighted by atomic mass is 32.1. The average molecular weight is 343 g/mol. The van der Waals surface area contributed by atoms with E-state index in [1.165, 1.54) is 11.6 Å². The smallest absolute Gasteiger partial charge is 0.246 e. The molecule has 0 bridgehead atoms. The minimum absolute atomic E-state index is 0.0725. The summed E-state index contributed by atoms with van der Waals surface area (Å²) >= 11 is 1.57. The summed E-state index contributed by atoms with van der Waals surface area (Å²) in [5, 5.41) is 1.95. The Balaban J connectivity index is 1.76. The van der Waals surface area contributed by atoms with E-state index in [2.05, 4.69) is 25.6 Å². The van der Waals surface area contributed by atoms with Crippen molar-refractivity contribution in [2.24, 2.45) is 0 Å². The fourth-order valence-corrected chi connectivity index (χ4v) is 3.70. The van der Waals surface area contributed by atoms with Crippen LogP contribution in [-0.2, 0) is 11.3 Å². The normalized spacial score (nSPS) is 14.0. The number of rotatable bonds is 6. The van der Waals surface area contributed by atoms with E-state index in [4.69, 9.17) is 9.47 Å². The second kappa shape index (κ2) is 7.53. The number of hydrogen-bond donors (Lipinski definition) is 0. The number of carbonyl (C=O) groups excluding carboxylic acids is 1. The Kier molecular flexibility index (Phi) is 5.20. The van der Waals surface area contributed by atoms with Gasteiger partial charge in [-0.3, -0.25) is 4.79 Å². The Labute approximate surface area is 146 Å². The van der Waals surface area contributed by atoms with Crippen LogP contribution in [-0.4, -0.2) is 30.6 Å². The zero-order valence-electron chi connectivity index (χ0n) is 13.7. The molecule has 0 saturated heterocycles. The van der Waals surface area contributed by atoms with Gasteiger partial charge in [-0.2, -0.15) is 0 Å². The molecule has 1 unspecified atom stereocenters. The molecule has 1 aliphatic heterocycles. The lowest BCUT2D eigenvalue weighted by molar-refractivity contribution is -0.126. The van der Waals surface area contributed by atoms with Gasteiger partial charge in [0.1, 0.15) is 13.2 Å². The number of carbonyl (C=O) groups is 1. The predicted octanol–water partition coefficient (Wildman–Crippen LogP) is 3.84. The van der Waals surface area contributed by atoms with Gasteiger partial charge in [0.2, 0.25) is 5.91 Å². The maximum absolute atomic E-state index is 12.3. The zero-order valence-corrected chi connectivity index (χ0v) is 14.6. The maximum atomic E-state index is 12.3. The average Bonchev–Trinajstić information content (AvgIpc) is 3.04. The highest BCUT2D eigenvalue weighted by Crippen LogP contribution is 2.40. The van der Waals surface area contributed by atoms with Gasteiger partial charge in [-0.05, 0) is 17.6 Å². The van der Waals surface area contributed by atoms with Gasteiger partial charge >= 0.3 is 0 Å². The molecule has 5 heteroatoms. The molecule has 1 aromatic heterocycles. The van der Waals surface area contributed by atoms with E-state index in [0.29, 0.717) is 26.3 Å². The van der Waals surface area contributed by atoms with E-state index in [1.54, 1.807) is 11.3 Å². The summed E-state index contributed by atoms with van der Waals surface area (Å²) in [6, 6.07) is 10.2. The first-order chi connectivity index (χ1) is 11.7. The lowest BCUT2D eigenvalue weighted by Crippen LogP contribution is -2.32. The van der Waals surface area contributed by atoms with Gasteiger partial charge in [-0.25, -0.2) is 0 Å². The number of amides is 1. The van der Waals surface area contributed by atoms with Crippen LogP contribution in [0.1, 0.15) is 23.3 Å². The minimum Gasteiger partial charge on any atom is -0.485 e. The van der Waals surface area contributed by atoms with Crippen LogP contribution in [0.3, 0.4) is 0 Å². The number of hydrogen-bond acceptors (Lipinski definition) is 4. The van der Waals surface area contributed by atoms with Crippen molar-refractivity contribution in [3.05, 3.63) is 58.8 Å². The van der Waals surface area contributed by atoms with E-state index in [1.807, 2.05) is 28.5 Å². The Hall–Kier alpha value is -2.27. The molecule has 4 nitrogen and oxygen atoms in total. The van der Waals surface area contributed by atoms with Crippen molar-refractivity contribution in [3.8, 4) is 11.5 Å². The van der Waals surface area contributed by atoms with Crippen LogP contribution in [0.2, 0.25) is 0 Å². The minimum atomic E-state index is -0.0725. The molecule has 1 amide bonds. The quantitative estimate of drug-likeness (QED) is 0.748. The van der Waals surface area contributed by atoms with E-state index in [-0.39, 0.29) is 11.8 Å². The molecule has 2 aromatic rings. The van der Waals surface area contributed by atoms with Crippen molar-refractivity contribution >= 4 is 17.2 Å². The Bertz CT molecular complexity index is 711. The molecule has 0 spiro atoms. The summed E-state index contributed by atoms with van der Waals surface area (Å²) in [7, 11) is 0. The second-order valence-electron chi connectivity index (χ2n) is 5.78. The molecule has 1 atom stereocenters. The Morgan fingerprint density at radius 1 is 1.33 bits per heavy atom. The zero-order chi connectivity index (χ0) is 16.9. The van der Waals surface area contributed by atoms with Gasteiger partial charge in [0.25, 0.3) is 0 Å². The van der Waals surface area contributed by atoms with E-state index in [0.717, 1.165) is 16.4 Å². The van der Waals surface area contributed by atoms with Crippen LogP contribution >= 0.6 is 11.3 Å². The van der Waals surface area contributed by atoms with E-state index in [9.17, 15) is 4.79 Å². The lowest BCUT2D eigenvalue weighted by Gasteiger charge is -2.25. The number of nitrogens with zero attached hydrogens (tertiary/aromatic N) is 1. The molecule has 0 fully saturated rings. The van der Waals surface area contributed by atoms with Gasteiger partial charge in [0.15, 0.2) is 11.5 Å². The Morgan fingerprint density at radius 2 is 2.08 bits per heavy atom. The SMILES string of the molecule is C=CC(=O)N(Cc1scc2c1OCCO2)CC(C)c1ccccc1. The van der Waals surface area contributed by atoms with Crippen molar-refractivity contribution < 1.29 is 14.3 Å². The maximum Gasteiger partial charge on any atom is 0.246 e. The first-order valence-electron chi connectivity index (χ1n) is 8.01. The molecule has 3 rings (SSSR count). The highest BCUT2D eigenvalue weighted by Gasteiger charge is 2.23. The molecule has 1 aromatic carbocycles. The monoisotopic (exact) mass is 343 g/mol. The molecule has 0 aliphatic carbocycles. The topological polar surface area (TPSA) is 38.8 Å². The predicted molar refractivity (Wildman–Crippen MR) is 95.8 cm³/mol. The molecule has 2 heterocycles. The Morgan fingerprint density at radius 3 is 2.83 bits per heavy atom. The first-order valence-corrected chi connectivity index (χ1v) is 8.89. The van der Waals surface area contributed by atoms with Crippen LogP contribution in [0.4, 0.5) is 0 Å². The van der Waals surface area contributed by atoms with Crippen LogP contribution in [0.15, 0.2) is 48.4 Å². The van der Waals surface area contributed by atoms with Gasteiger partial charge in [0, 0.05) is 11.9 Å². The third kappa shape index (κ3) is 3.62. The van der Waals surface area contributed by atoms with Crippen molar-refractivity contribution in [2.75, 3.05) is 19.8 Å². The van der Waals surface area contributed by atoms with Gasteiger partial charge in [-0.15, -0.1) is 11.3 Å². The molecule has 0 N–H and O–H groups in total. The third-order valence-corrected chi connectivity index (χ3v) is 4.99. The number of fused-ring (bicyclic) bond motifs is 1. The molecular formula is C19H21NO3S. The molecule has 0 saturated carbocycles. The second-order valence-corrected chi connectivity index (χ2v) is 6.75. The fraction of sp³-hybridized carbons (Fsp3) is 0.316. The lowest BCUT2D eigenvalue weighted by atomic mass is 10.0. The summed E-state index contributed by atoms with van der Waals surface area (Å²) in [6.45, 7) is 8.02. The molecule has 0 radical (unpaired) electrons. The summed E-state index contributed by atoms with van der Waals surface area (Å²) in [4.78, 5) is 15.1. The van der Waals surface area contributed by atoms with Crippen LogP contribution < -0.4 is 9.47 Å². The van der Waals surface area contributed by atoms with Crippen LogP contribution in [0.5, 0.6) is 11.5 Å². The van der Waals surface area contributed by atoms with E-state index < -0.39 is 0 Å². The molecule has 126 valence electrons. The van der Waals surface area contributed by atoms with Crippen LogP contribution in [0.25, 0.3) is 0 Å². The van der Waals surface area contributed by atoms with Crippen molar-refractivity contribution in [1.82, 2.24) is 4.90 Å². The third-order valence-electron chi connectivity index (χ3n) is 4.06. The van der Waals surface area contributed by atoms with Crippen molar-refractivity contribution in [2.45, 2.75) is 19.4 Å². The van der Waals surface area contributed by atoms with E-state index >= 15 is 0 Å². The highest BCUT2D eigenvalue weighted by molar-refractivity contribution is 7.10. The molecular weight excluding hydrogens is 322 g/mol. The van der Waals surface area contributed by atoms with Gasteiger partial charge in [-0.1, -0.05) is 43.8 Å². The van der Waals surface area contributed by atoms with Gasteiger partial charge in [0.05, 0.1) is 11.4 Å². The summed E-state index contributed by atoms with van der Waals surface area (Å²) in [5.74, 6) is 1.73. The number of ether oxygens (including phenoxy) is 2. The summed E-state index contributed by atoms with van der Waals surface area (Å²) in [5.41, 5.74) is 1.21. The summed E-state index contributed by atoms with van der Waals surface area (Å²) < 4.78 is 11.3. The standard InChI is InChI=1S/C19H21NO3S/c1-3-18(21)20(11-14(2)15-7-5-4-6-8-15)12-17-19-16(13-24-17)22-9-10-23-19/h3-8,13-14H,1,9-12H2,2H3. The number of benzene rings is 1. The van der Waals surface area contributed by atoms with Crippen LogP contribution in [0, 0.1) is 0 Å². The molecule has 1 aliphatic rings. The summed E-state index contributed by atoms with van der Waals surface area (Å²) in [6.07, 6.45) is 1.37. The van der Waals surface area contributed by atoms with Crippen molar-refractivity contribution in [3.63, 3.8) is 0 Å². The van der Waals surface area contributed by atoms with Gasteiger partial charge < -0.3 is 14.4 Å². The molecule has 24 heavy (non-hydrogen) atoms. The number of thiophene rings is 1. The fourth-order valence-electron chi connectivity index (χ4n) is 2.78. The largest absolute Gasteiger partial charge is 0.485 e. The first kappa shape index (κ1) is 16.6. The van der Waals surface area contributed by atoms with Crippen molar-refractivity contribution in [1.29, 1.82) is 0 Å².